The van der Waals surface area contributed by atoms with Crippen LogP contribution in [0, 0.1) is 0 Å². The summed E-state index contributed by atoms with van der Waals surface area (Å²) in [5.74, 6) is 2.12. The number of unbranched alkanes of at least 4 members (excludes halogenated alkanes) is 2. The van der Waals surface area contributed by atoms with Crippen molar-refractivity contribution in [3.63, 3.8) is 0 Å². The Labute approximate surface area is 122 Å². The van der Waals surface area contributed by atoms with E-state index in [1.165, 1.54) is 12.8 Å². The number of para-hydroxylation sites is 1. The molecule has 1 aromatic carbocycles. The van der Waals surface area contributed by atoms with E-state index >= 15 is 0 Å². The predicted octanol–water partition coefficient (Wildman–Crippen LogP) is 3.25. The maximum Gasteiger partial charge on any atom is 0.203 e. The van der Waals surface area contributed by atoms with Gasteiger partial charge in [-0.25, -0.2) is 0 Å². The lowest BCUT2D eigenvalue weighted by molar-refractivity contribution is 0.268. The lowest BCUT2D eigenvalue weighted by Crippen LogP contribution is -2.17. The number of hydrogen-bond donors (Lipinski definition) is 1. The lowest BCUT2D eigenvalue weighted by Gasteiger charge is -2.14. The molecule has 0 saturated heterocycles. The zero-order chi connectivity index (χ0) is 14.6. The maximum absolute atomic E-state index is 5.80. The fourth-order valence-corrected chi connectivity index (χ4v) is 1.91. The molecule has 20 heavy (non-hydrogen) atoms. The van der Waals surface area contributed by atoms with E-state index in [2.05, 4.69) is 12.2 Å². The summed E-state index contributed by atoms with van der Waals surface area (Å²) in [5, 5.41) is 3.43. The molecule has 1 N–H and O–H groups in total. The third-order valence-corrected chi connectivity index (χ3v) is 3.08. The molecule has 0 fully saturated rings. The van der Waals surface area contributed by atoms with Gasteiger partial charge in [-0.2, -0.15) is 0 Å². The zero-order valence-electron chi connectivity index (χ0n) is 12.9. The predicted molar refractivity (Wildman–Crippen MR) is 82.1 cm³/mol. The molecule has 4 nitrogen and oxygen atoms in total. The second kappa shape index (κ2) is 10.4. The van der Waals surface area contributed by atoms with Crippen LogP contribution in [0.2, 0.25) is 0 Å². The summed E-state index contributed by atoms with van der Waals surface area (Å²) in [4.78, 5) is 0. The minimum absolute atomic E-state index is 0.673. The van der Waals surface area contributed by atoms with Crippen molar-refractivity contribution in [2.75, 3.05) is 33.9 Å². The number of ether oxygens (including phenoxy) is 3. The maximum atomic E-state index is 5.80. The van der Waals surface area contributed by atoms with Crippen LogP contribution < -0.4 is 19.5 Å². The number of hydrogen-bond acceptors (Lipinski definition) is 4. The first kappa shape index (κ1) is 16.6. The molecule has 0 spiro atoms. The Balaban J connectivity index is 2.27. The third kappa shape index (κ3) is 5.70. The summed E-state index contributed by atoms with van der Waals surface area (Å²) < 4.78 is 16.4. The molecule has 0 aliphatic rings. The number of rotatable bonds is 11. The summed E-state index contributed by atoms with van der Waals surface area (Å²) in [6.07, 6.45) is 4.61. The van der Waals surface area contributed by atoms with E-state index in [9.17, 15) is 0 Å². The van der Waals surface area contributed by atoms with Crippen molar-refractivity contribution in [3.05, 3.63) is 18.2 Å². The molecular weight excluding hydrogens is 254 g/mol. The Morgan fingerprint density at radius 3 is 2.20 bits per heavy atom. The monoisotopic (exact) mass is 281 g/mol. The number of methoxy groups -OCH3 is 2. The smallest absolute Gasteiger partial charge is 0.203 e. The molecule has 1 aromatic rings. The molecule has 0 heterocycles. The van der Waals surface area contributed by atoms with Gasteiger partial charge in [0.05, 0.1) is 20.8 Å². The first-order valence-corrected chi connectivity index (χ1v) is 7.38. The summed E-state index contributed by atoms with van der Waals surface area (Å²) in [6, 6.07) is 5.65. The van der Waals surface area contributed by atoms with Crippen LogP contribution in [0.25, 0.3) is 0 Å². The summed E-state index contributed by atoms with van der Waals surface area (Å²) in [5.41, 5.74) is 0. The molecular formula is C16H27NO3. The van der Waals surface area contributed by atoms with Gasteiger partial charge >= 0.3 is 0 Å². The number of nitrogens with one attached hydrogen (secondary N) is 1. The topological polar surface area (TPSA) is 39.7 Å². The van der Waals surface area contributed by atoms with Gasteiger partial charge in [0.2, 0.25) is 5.75 Å². The van der Waals surface area contributed by atoms with Gasteiger partial charge in [-0.05, 0) is 44.5 Å². The van der Waals surface area contributed by atoms with Crippen LogP contribution in [0.1, 0.15) is 32.6 Å². The SMILES string of the molecule is CCCCNCCCCOc1c(OC)cccc1OC. The molecule has 0 bridgehead atoms. The Kier molecular flexibility index (Phi) is 8.63. The molecule has 4 heteroatoms. The van der Waals surface area contributed by atoms with Crippen LogP contribution in [0.4, 0.5) is 0 Å². The van der Waals surface area contributed by atoms with E-state index in [1.807, 2.05) is 18.2 Å². The van der Waals surface area contributed by atoms with Crippen LogP contribution in [-0.4, -0.2) is 33.9 Å². The second-order valence-electron chi connectivity index (χ2n) is 4.65. The van der Waals surface area contributed by atoms with Crippen molar-refractivity contribution >= 4 is 0 Å². The largest absolute Gasteiger partial charge is 0.493 e. The molecule has 0 unspecified atom stereocenters. The molecule has 0 saturated carbocycles. The van der Waals surface area contributed by atoms with Gasteiger partial charge in [-0.3, -0.25) is 0 Å². The molecule has 0 aliphatic carbocycles. The number of benzene rings is 1. The van der Waals surface area contributed by atoms with Gasteiger partial charge in [0.1, 0.15) is 0 Å². The van der Waals surface area contributed by atoms with Crippen molar-refractivity contribution < 1.29 is 14.2 Å². The fraction of sp³-hybridized carbons (Fsp3) is 0.625. The Bertz CT molecular complexity index is 346. The average Bonchev–Trinajstić information content (AvgIpc) is 2.49. The van der Waals surface area contributed by atoms with Gasteiger partial charge < -0.3 is 19.5 Å². The van der Waals surface area contributed by atoms with E-state index in [4.69, 9.17) is 14.2 Å². The van der Waals surface area contributed by atoms with Gasteiger partial charge in [0.15, 0.2) is 11.5 Å². The quantitative estimate of drug-likeness (QED) is 0.632. The van der Waals surface area contributed by atoms with Gasteiger partial charge in [0.25, 0.3) is 0 Å². The van der Waals surface area contributed by atoms with Crippen molar-refractivity contribution in [2.45, 2.75) is 32.6 Å². The Morgan fingerprint density at radius 1 is 0.950 bits per heavy atom. The third-order valence-electron chi connectivity index (χ3n) is 3.08. The molecule has 0 aromatic heterocycles. The first-order chi connectivity index (χ1) is 9.83. The van der Waals surface area contributed by atoms with Crippen LogP contribution in [0.3, 0.4) is 0 Å². The zero-order valence-corrected chi connectivity index (χ0v) is 12.9. The normalized spacial score (nSPS) is 10.3. The van der Waals surface area contributed by atoms with Crippen molar-refractivity contribution in [2.24, 2.45) is 0 Å². The first-order valence-electron chi connectivity index (χ1n) is 7.38. The summed E-state index contributed by atoms with van der Waals surface area (Å²) >= 11 is 0. The molecule has 0 aliphatic heterocycles. The molecule has 0 radical (unpaired) electrons. The minimum atomic E-state index is 0.673. The summed E-state index contributed by atoms with van der Waals surface area (Å²) in [7, 11) is 3.28. The molecule has 0 amide bonds. The Morgan fingerprint density at radius 2 is 1.60 bits per heavy atom. The van der Waals surface area contributed by atoms with E-state index < -0.39 is 0 Å². The molecule has 114 valence electrons. The molecule has 1 rings (SSSR count). The van der Waals surface area contributed by atoms with Crippen molar-refractivity contribution in [1.82, 2.24) is 5.32 Å². The minimum Gasteiger partial charge on any atom is -0.493 e. The average molecular weight is 281 g/mol. The standard InChI is InChI=1S/C16H27NO3/c1-4-5-11-17-12-6-7-13-20-16-14(18-2)9-8-10-15(16)19-3/h8-10,17H,4-7,11-13H2,1-3H3. The van der Waals surface area contributed by atoms with Crippen molar-refractivity contribution in [1.29, 1.82) is 0 Å². The highest BCUT2D eigenvalue weighted by Crippen LogP contribution is 2.36. The highest BCUT2D eigenvalue weighted by molar-refractivity contribution is 5.51. The van der Waals surface area contributed by atoms with Gasteiger partial charge in [-0.1, -0.05) is 19.4 Å². The van der Waals surface area contributed by atoms with Crippen molar-refractivity contribution in [3.8, 4) is 17.2 Å². The van der Waals surface area contributed by atoms with Crippen LogP contribution in [0.15, 0.2) is 18.2 Å². The van der Waals surface area contributed by atoms with E-state index in [0.717, 1.165) is 25.9 Å². The van der Waals surface area contributed by atoms with Crippen LogP contribution in [-0.2, 0) is 0 Å². The Hall–Kier alpha value is -1.42. The van der Waals surface area contributed by atoms with E-state index in [1.54, 1.807) is 14.2 Å². The highest BCUT2D eigenvalue weighted by Gasteiger charge is 2.10. The second-order valence-corrected chi connectivity index (χ2v) is 4.65. The van der Waals surface area contributed by atoms with Gasteiger partial charge in [0, 0.05) is 0 Å². The summed E-state index contributed by atoms with van der Waals surface area (Å²) in [6.45, 7) is 5.03. The molecule has 0 atom stereocenters. The van der Waals surface area contributed by atoms with E-state index in [-0.39, 0.29) is 0 Å². The van der Waals surface area contributed by atoms with Crippen LogP contribution in [0.5, 0.6) is 17.2 Å². The fourth-order valence-electron chi connectivity index (χ4n) is 1.91. The van der Waals surface area contributed by atoms with E-state index in [0.29, 0.717) is 23.9 Å². The van der Waals surface area contributed by atoms with Crippen LogP contribution >= 0.6 is 0 Å². The highest BCUT2D eigenvalue weighted by atomic mass is 16.5. The van der Waals surface area contributed by atoms with Gasteiger partial charge in [-0.15, -0.1) is 0 Å². The lowest BCUT2D eigenvalue weighted by atomic mass is 10.3.